The Balaban J connectivity index is 2.22. The first-order chi connectivity index (χ1) is 9.78. The number of nitrogens with one attached hydrogen (secondary N) is 1. The van der Waals surface area contributed by atoms with E-state index in [4.69, 9.17) is 5.73 Å². The van der Waals surface area contributed by atoms with Crippen molar-refractivity contribution in [3.05, 3.63) is 29.8 Å². The van der Waals surface area contributed by atoms with Gasteiger partial charge in [0.15, 0.2) is 0 Å². The number of halogens is 3. The van der Waals surface area contributed by atoms with E-state index in [0.29, 0.717) is 11.3 Å². The molecule has 8 heteroatoms. The molecule has 0 radical (unpaired) electrons. The Bertz CT molecular complexity index is 449. The number of amides is 1. The van der Waals surface area contributed by atoms with Crippen molar-refractivity contribution in [3.8, 4) is 0 Å². The topological polar surface area (TPSA) is 84.6 Å². The van der Waals surface area contributed by atoms with E-state index in [9.17, 15) is 23.1 Å². The van der Waals surface area contributed by atoms with E-state index in [2.05, 4.69) is 10.1 Å². The van der Waals surface area contributed by atoms with E-state index in [1.807, 2.05) is 0 Å². The van der Waals surface area contributed by atoms with E-state index >= 15 is 0 Å². The number of aliphatic hydroxyl groups is 1. The third-order valence-electron chi connectivity index (χ3n) is 2.55. The Morgan fingerprint density at radius 1 is 1.33 bits per heavy atom. The first kappa shape index (κ1) is 17.3. The molecule has 118 valence electrons. The Kier molecular flexibility index (Phi) is 6.44. The molecule has 1 amide bonds. The minimum atomic E-state index is -4.40. The van der Waals surface area contributed by atoms with Gasteiger partial charge in [0.1, 0.15) is 6.61 Å². The number of anilines is 1. The lowest BCUT2D eigenvalue weighted by Crippen LogP contribution is -2.29. The van der Waals surface area contributed by atoms with E-state index in [0.717, 1.165) is 0 Å². The lowest BCUT2D eigenvalue weighted by atomic mass is 10.1. The highest BCUT2D eigenvalue weighted by molar-refractivity contribution is 5.76. The minimum absolute atomic E-state index is 0.0397. The summed E-state index contributed by atoms with van der Waals surface area (Å²) >= 11 is 0. The molecule has 0 aliphatic heterocycles. The number of carbonyl (C=O) groups excluding carboxylic acids is 1. The molecule has 0 saturated carbocycles. The molecule has 1 rings (SSSR count). The van der Waals surface area contributed by atoms with E-state index in [1.54, 1.807) is 24.3 Å². The fourth-order valence-corrected chi connectivity index (χ4v) is 1.49. The van der Waals surface area contributed by atoms with Gasteiger partial charge >= 0.3 is 6.18 Å². The van der Waals surface area contributed by atoms with Gasteiger partial charge in [0.05, 0.1) is 12.7 Å². The molecule has 0 spiro atoms. The summed E-state index contributed by atoms with van der Waals surface area (Å²) in [4.78, 5) is 11.4. The van der Waals surface area contributed by atoms with Crippen LogP contribution in [0, 0.1) is 0 Å². The summed E-state index contributed by atoms with van der Waals surface area (Å²) in [6.07, 6.45) is -5.52. The lowest BCUT2D eigenvalue weighted by molar-refractivity contribution is -0.174. The van der Waals surface area contributed by atoms with E-state index in [-0.39, 0.29) is 19.6 Å². The first-order valence-corrected chi connectivity index (χ1v) is 6.22. The quantitative estimate of drug-likeness (QED) is 0.525. The lowest BCUT2D eigenvalue weighted by Gasteiger charge is -2.13. The zero-order chi connectivity index (χ0) is 15.9. The number of rotatable bonds is 7. The number of ether oxygens (including phenoxy) is 1. The molecule has 0 aliphatic rings. The van der Waals surface area contributed by atoms with Crippen molar-refractivity contribution in [2.45, 2.75) is 18.7 Å². The molecule has 1 aromatic rings. The molecule has 0 bridgehead atoms. The van der Waals surface area contributed by atoms with Crippen LogP contribution in [0.25, 0.3) is 0 Å². The zero-order valence-electron chi connectivity index (χ0n) is 11.2. The largest absolute Gasteiger partial charge is 0.411 e. The number of hydrogen-bond donors (Lipinski definition) is 3. The molecule has 0 saturated heterocycles. The van der Waals surface area contributed by atoms with Crippen LogP contribution >= 0.6 is 0 Å². The second-order valence-corrected chi connectivity index (χ2v) is 4.40. The second kappa shape index (κ2) is 7.84. The van der Waals surface area contributed by atoms with Crippen LogP contribution in [-0.4, -0.2) is 36.9 Å². The Hall–Kier alpha value is -1.80. The van der Waals surface area contributed by atoms with Gasteiger partial charge < -0.3 is 20.9 Å². The van der Waals surface area contributed by atoms with Crippen LogP contribution in [0.5, 0.6) is 0 Å². The van der Waals surface area contributed by atoms with Crippen molar-refractivity contribution < 1.29 is 27.8 Å². The number of aliphatic hydroxyl groups excluding tert-OH is 1. The molecule has 4 N–H and O–H groups in total. The molecule has 5 nitrogen and oxygen atoms in total. The summed E-state index contributed by atoms with van der Waals surface area (Å²) in [5, 5.41) is 12.2. The Morgan fingerprint density at radius 2 is 1.95 bits per heavy atom. The van der Waals surface area contributed by atoms with Gasteiger partial charge in [-0.15, -0.1) is 0 Å². The predicted octanol–water partition coefficient (Wildman–Crippen LogP) is 1.39. The summed E-state index contributed by atoms with van der Waals surface area (Å²) in [5.74, 6) is -0.494. The molecular weight excluding hydrogens is 289 g/mol. The van der Waals surface area contributed by atoms with Crippen LogP contribution in [0.3, 0.4) is 0 Å². The average molecular weight is 306 g/mol. The fourth-order valence-electron chi connectivity index (χ4n) is 1.49. The van der Waals surface area contributed by atoms with Gasteiger partial charge in [0, 0.05) is 18.7 Å². The maximum atomic E-state index is 11.8. The number of nitrogens with two attached hydrogens (primary N) is 1. The van der Waals surface area contributed by atoms with Crippen LogP contribution in [0.4, 0.5) is 18.9 Å². The summed E-state index contributed by atoms with van der Waals surface area (Å²) in [5.41, 5.74) is 6.64. The summed E-state index contributed by atoms with van der Waals surface area (Å²) in [6, 6.07) is 6.48. The van der Waals surface area contributed by atoms with Gasteiger partial charge in [-0.25, -0.2) is 0 Å². The van der Waals surface area contributed by atoms with Crippen LogP contribution in [0.15, 0.2) is 24.3 Å². The summed E-state index contributed by atoms with van der Waals surface area (Å²) < 4.78 is 39.7. The van der Waals surface area contributed by atoms with Crippen LogP contribution in [0.2, 0.25) is 0 Å². The average Bonchev–Trinajstić information content (AvgIpc) is 2.41. The van der Waals surface area contributed by atoms with Gasteiger partial charge in [-0.3, -0.25) is 4.79 Å². The monoisotopic (exact) mass is 306 g/mol. The van der Waals surface area contributed by atoms with Crippen molar-refractivity contribution in [2.24, 2.45) is 0 Å². The van der Waals surface area contributed by atoms with Crippen molar-refractivity contribution in [3.63, 3.8) is 0 Å². The first-order valence-electron chi connectivity index (χ1n) is 6.22. The van der Waals surface area contributed by atoms with Gasteiger partial charge in [0.2, 0.25) is 5.91 Å². The second-order valence-electron chi connectivity index (χ2n) is 4.40. The highest BCUT2D eigenvalue weighted by Crippen LogP contribution is 2.15. The normalized spacial score (nSPS) is 13.0. The van der Waals surface area contributed by atoms with E-state index in [1.165, 1.54) is 0 Å². The predicted molar refractivity (Wildman–Crippen MR) is 70.3 cm³/mol. The van der Waals surface area contributed by atoms with Crippen molar-refractivity contribution in [1.82, 2.24) is 5.32 Å². The number of benzene rings is 1. The zero-order valence-corrected chi connectivity index (χ0v) is 11.2. The summed E-state index contributed by atoms with van der Waals surface area (Å²) in [7, 11) is 0. The van der Waals surface area contributed by atoms with Crippen molar-refractivity contribution >= 4 is 11.6 Å². The molecule has 0 fully saturated rings. The van der Waals surface area contributed by atoms with Crippen LogP contribution in [-0.2, 0) is 9.53 Å². The number of carbonyl (C=O) groups is 1. The maximum absolute atomic E-state index is 11.8. The standard InChI is InChI=1S/C13H17F3N2O3/c14-13(15,16)8-21-6-5-12(20)18-7-11(19)9-1-3-10(17)4-2-9/h1-4,11,19H,5-8,17H2,(H,18,20). The Labute approximate surface area is 119 Å². The summed E-state index contributed by atoms with van der Waals surface area (Å²) in [6.45, 7) is -1.75. The van der Waals surface area contributed by atoms with Crippen molar-refractivity contribution in [1.29, 1.82) is 0 Å². The number of nitrogen functional groups attached to an aromatic ring is 1. The SMILES string of the molecule is Nc1ccc(C(O)CNC(=O)CCOCC(F)(F)F)cc1. The fraction of sp³-hybridized carbons (Fsp3) is 0.462. The highest BCUT2D eigenvalue weighted by atomic mass is 19.4. The number of alkyl halides is 3. The smallest absolute Gasteiger partial charge is 0.399 e. The van der Waals surface area contributed by atoms with Gasteiger partial charge in [-0.1, -0.05) is 12.1 Å². The minimum Gasteiger partial charge on any atom is -0.399 e. The molecule has 1 aromatic carbocycles. The Morgan fingerprint density at radius 3 is 2.52 bits per heavy atom. The molecule has 21 heavy (non-hydrogen) atoms. The maximum Gasteiger partial charge on any atom is 0.411 e. The van der Waals surface area contributed by atoms with Gasteiger partial charge in [0.25, 0.3) is 0 Å². The van der Waals surface area contributed by atoms with E-state index < -0.39 is 24.8 Å². The van der Waals surface area contributed by atoms with Crippen LogP contribution < -0.4 is 11.1 Å². The molecule has 0 aromatic heterocycles. The molecule has 1 atom stereocenters. The molecule has 1 unspecified atom stereocenters. The third-order valence-corrected chi connectivity index (χ3v) is 2.55. The molecule has 0 heterocycles. The van der Waals surface area contributed by atoms with Crippen LogP contribution in [0.1, 0.15) is 18.1 Å². The van der Waals surface area contributed by atoms with Gasteiger partial charge in [-0.05, 0) is 17.7 Å². The molecule has 0 aliphatic carbocycles. The number of hydrogen-bond acceptors (Lipinski definition) is 4. The third kappa shape index (κ3) is 7.52. The van der Waals surface area contributed by atoms with Gasteiger partial charge in [-0.2, -0.15) is 13.2 Å². The van der Waals surface area contributed by atoms with Crippen molar-refractivity contribution in [2.75, 3.05) is 25.5 Å². The highest BCUT2D eigenvalue weighted by Gasteiger charge is 2.27. The molecular formula is C13H17F3N2O3.